The van der Waals surface area contributed by atoms with Gasteiger partial charge in [0.1, 0.15) is 11.4 Å². The highest BCUT2D eigenvalue weighted by Crippen LogP contribution is 2.23. The quantitative estimate of drug-likeness (QED) is 0.693. The Morgan fingerprint density at radius 2 is 2.00 bits per heavy atom. The number of carbonyl (C=O) groups is 1. The molecule has 26 heavy (non-hydrogen) atoms. The van der Waals surface area contributed by atoms with E-state index in [4.69, 9.17) is 4.52 Å². The SMILES string of the molecule is Cc1ccc(-c2cc(C(=O)NS(=O)(=O)Cc3noc(C)n3)[nH]n2)c(C)c1. The minimum absolute atomic E-state index is 0.0246. The third-order valence-electron chi connectivity index (χ3n) is 3.62. The van der Waals surface area contributed by atoms with E-state index in [9.17, 15) is 13.2 Å². The molecule has 10 heteroatoms. The molecule has 0 fully saturated rings. The van der Waals surface area contributed by atoms with Gasteiger partial charge >= 0.3 is 0 Å². The number of sulfonamides is 1. The van der Waals surface area contributed by atoms with Crippen molar-refractivity contribution < 1.29 is 17.7 Å². The average molecular weight is 375 g/mol. The van der Waals surface area contributed by atoms with Gasteiger partial charge in [-0.1, -0.05) is 28.9 Å². The summed E-state index contributed by atoms with van der Waals surface area (Å²) in [6, 6.07) is 7.34. The van der Waals surface area contributed by atoms with E-state index in [0.29, 0.717) is 5.69 Å². The number of nitrogens with one attached hydrogen (secondary N) is 2. The van der Waals surface area contributed by atoms with E-state index in [1.807, 2.05) is 36.8 Å². The van der Waals surface area contributed by atoms with Crippen LogP contribution in [0.5, 0.6) is 0 Å². The number of hydrogen-bond donors (Lipinski definition) is 2. The molecule has 3 aromatic rings. The minimum Gasteiger partial charge on any atom is -0.340 e. The topological polar surface area (TPSA) is 131 Å². The van der Waals surface area contributed by atoms with Crippen molar-refractivity contribution in [3.8, 4) is 11.3 Å². The Morgan fingerprint density at radius 1 is 1.23 bits per heavy atom. The molecule has 0 atom stereocenters. The van der Waals surface area contributed by atoms with Crippen LogP contribution in [0.3, 0.4) is 0 Å². The van der Waals surface area contributed by atoms with Gasteiger partial charge in [0.15, 0.2) is 5.82 Å². The molecule has 0 bridgehead atoms. The second-order valence-electron chi connectivity index (χ2n) is 5.91. The highest BCUT2D eigenvalue weighted by Gasteiger charge is 2.21. The molecule has 1 amide bonds. The second kappa shape index (κ2) is 6.71. The van der Waals surface area contributed by atoms with Gasteiger partial charge in [-0.2, -0.15) is 10.1 Å². The number of hydrogen-bond acceptors (Lipinski definition) is 7. The molecule has 0 unspecified atom stereocenters. The summed E-state index contributed by atoms with van der Waals surface area (Å²) in [5.41, 5.74) is 3.56. The largest absolute Gasteiger partial charge is 0.340 e. The fraction of sp³-hybridized carbons (Fsp3) is 0.250. The summed E-state index contributed by atoms with van der Waals surface area (Å²) < 4.78 is 30.8. The van der Waals surface area contributed by atoms with Crippen molar-refractivity contribution in [2.24, 2.45) is 0 Å². The molecule has 2 heterocycles. The Labute approximate surface area is 149 Å². The van der Waals surface area contributed by atoms with Gasteiger partial charge in [-0.3, -0.25) is 9.89 Å². The van der Waals surface area contributed by atoms with E-state index in [2.05, 4.69) is 20.3 Å². The molecule has 136 valence electrons. The Balaban J connectivity index is 1.75. The molecule has 0 spiro atoms. The van der Waals surface area contributed by atoms with Gasteiger partial charge in [0.2, 0.25) is 15.9 Å². The predicted octanol–water partition coefficient (Wildman–Crippen LogP) is 1.64. The highest BCUT2D eigenvalue weighted by molar-refractivity contribution is 7.89. The summed E-state index contributed by atoms with van der Waals surface area (Å²) in [7, 11) is -3.97. The van der Waals surface area contributed by atoms with Crippen molar-refractivity contribution in [3.63, 3.8) is 0 Å². The molecule has 2 N–H and O–H groups in total. The monoisotopic (exact) mass is 375 g/mol. The first-order valence-corrected chi connectivity index (χ1v) is 9.36. The van der Waals surface area contributed by atoms with Crippen LogP contribution >= 0.6 is 0 Å². The number of aromatic amines is 1. The van der Waals surface area contributed by atoms with Crippen LogP contribution < -0.4 is 4.72 Å². The first-order chi connectivity index (χ1) is 12.2. The Morgan fingerprint density at radius 3 is 2.65 bits per heavy atom. The van der Waals surface area contributed by atoms with E-state index in [0.717, 1.165) is 16.7 Å². The predicted molar refractivity (Wildman–Crippen MR) is 92.6 cm³/mol. The fourth-order valence-corrected chi connectivity index (χ4v) is 3.40. The Hall–Kier alpha value is -3.01. The van der Waals surface area contributed by atoms with Crippen molar-refractivity contribution in [2.45, 2.75) is 26.5 Å². The number of H-pyrrole nitrogens is 1. The number of aryl methyl sites for hydroxylation is 3. The van der Waals surface area contributed by atoms with Crippen molar-refractivity contribution in [2.75, 3.05) is 0 Å². The molecule has 0 aliphatic heterocycles. The van der Waals surface area contributed by atoms with Crippen molar-refractivity contribution in [1.29, 1.82) is 0 Å². The maximum atomic E-state index is 12.2. The number of aromatic nitrogens is 4. The number of amides is 1. The fourth-order valence-electron chi connectivity index (χ4n) is 2.48. The highest BCUT2D eigenvalue weighted by atomic mass is 32.2. The van der Waals surface area contributed by atoms with Crippen LogP contribution in [0.15, 0.2) is 28.8 Å². The third-order valence-corrected chi connectivity index (χ3v) is 4.75. The Kier molecular flexibility index (Phi) is 4.60. The molecule has 3 rings (SSSR count). The lowest BCUT2D eigenvalue weighted by Crippen LogP contribution is -2.32. The smallest absolute Gasteiger partial charge is 0.282 e. The average Bonchev–Trinajstić information content (AvgIpc) is 3.15. The zero-order chi connectivity index (χ0) is 18.9. The van der Waals surface area contributed by atoms with Crippen LogP contribution in [-0.2, 0) is 15.8 Å². The van der Waals surface area contributed by atoms with E-state index in [1.54, 1.807) is 6.92 Å². The number of nitrogens with zero attached hydrogens (tertiary/aromatic N) is 3. The zero-order valence-electron chi connectivity index (χ0n) is 14.4. The lowest BCUT2D eigenvalue weighted by Gasteiger charge is -2.03. The molecule has 2 aromatic heterocycles. The van der Waals surface area contributed by atoms with Gasteiger partial charge in [-0.25, -0.2) is 13.1 Å². The summed E-state index contributed by atoms with van der Waals surface area (Å²) >= 11 is 0. The van der Waals surface area contributed by atoms with Crippen LogP contribution in [-0.4, -0.2) is 34.7 Å². The maximum Gasteiger partial charge on any atom is 0.282 e. The lowest BCUT2D eigenvalue weighted by molar-refractivity contribution is 0.0976. The Bertz CT molecular complexity index is 1070. The molecule has 0 radical (unpaired) electrons. The van der Waals surface area contributed by atoms with Crippen LogP contribution in [0.4, 0.5) is 0 Å². The summed E-state index contributed by atoms with van der Waals surface area (Å²) in [5.74, 6) is -1.15. The van der Waals surface area contributed by atoms with Gasteiger partial charge in [-0.15, -0.1) is 0 Å². The van der Waals surface area contributed by atoms with Crippen LogP contribution in [0.1, 0.15) is 33.3 Å². The summed E-state index contributed by atoms with van der Waals surface area (Å²) in [6.45, 7) is 5.46. The molecule has 0 aliphatic carbocycles. The summed E-state index contributed by atoms with van der Waals surface area (Å²) in [5, 5.41) is 10.2. The van der Waals surface area contributed by atoms with Crippen LogP contribution in [0, 0.1) is 20.8 Å². The van der Waals surface area contributed by atoms with Gasteiger partial charge in [0.25, 0.3) is 5.91 Å². The van der Waals surface area contributed by atoms with Crippen LogP contribution in [0.2, 0.25) is 0 Å². The molecule has 0 aliphatic rings. The molecular weight excluding hydrogens is 358 g/mol. The number of carbonyl (C=O) groups excluding carboxylic acids is 1. The normalized spacial score (nSPS) is 11.5. The first kappa shape index (κ1) is 17.8. The van der Waals surface area contributed by atoms with Crippen molar-refractivity contribution >= 4 is 15.9 Å². The van der Waals surface area contributed by atoms with E-state index in [-0.39, 0.29) is 17.4 Å². The van der Waals surface area contributed by atoms with Gasteiger partial charge in [0, 0.05) is 12.5 Å². The first-order valence-electron chi connectivity index (χ1n) is 7.70. The van der Waals surface area contributed by atoms with E-state index < -0.39 is 21.7 Å². The molecule has 9 nitrogen and oxygen atoms in total. The standard InChI is InChI=1S/C16H17N5O4S/c1-9-4-5-12(10(2)6-9)13-7-14(19-18-13)16(22)21-26(23,24)8-15-17-11(3)25-20-15/h4-7H,8H2,1-3H3,(H,18,19)(H,21,22). The lowest BCUT2D eigenvalue weighted by atomic mass is 10.0. The third kappa shape index (κ3) is 3.97. The van der Waals surface area contributed by atoms with E-state index >= 15 is 0 Å². The van der Waals surface area contributed by atoms with Crippen molar-refractivity contribution in [1.82, 2.24) is 25.1 Å². The van der Waals surface area contributed by atoms with Gasteiger partial charge in [-0.05, 0) is 25.5 Å². The second-order valence-corrected chi connectivity index (χ2v) is 7.63. The minimum atomic E-state index is -3.97. The molecule has 1 aromatic carbocycles. The number of rotatable bonds is 5. The number of benzene rings is 1. The van der Waals surface area contributed by atoms with Gasteiger partial charge < -0.3 is 4.52 Å². The zero-order valence-corrected chi connectivity index (χ0v) is 15.2. The van der Waals surface area contributed by atoms with Gasteiger partial charge in [0.05, 0.1) is 5.69 Å². The maximum absolute atomic E-state index is 12.2. The molecular formula is C16H17N5O4S. The van der Waals surface area contributed by atoms with Crippen LogP contribution in [0.25, 0.3) is 11.3 Å². The summed E-state index contributed by atoms with van der Waals surface area (Å²) in [4.78, 5) is 16.0. The van der Waals surface area contributed by atoms with Crippen molar-refractivity contribution in [3.05, 3.63) is 52.8 Å². The van der Waals surface area contributed by atoms with E-state index in [1.165, 1.54) is 6.07 Å². The molecule has 0 saturated carbocycles. The summed E-state index contributed by atoms with van der Waals surface area (Å²) in [6.07, 6.45) is 0. The molecule has 0 saturated heterocycles.